The molecule has 0 aliphatic rings. The van der Waals surface area contributed by atoms with Crippen LogP contribution in [0.25, 0.3) is 0 Å². The maximum absolute atomic E-state index is 9.12. The fourth-order valence-electron chi connectivity index (χ4n) is 0.942. The van der Waals surface area contributed by atoms with Crippen molar-refractivity contribution in [3.8, 4) is 0 Å². The lowest BCUT2D eigenvalue weighted by Gasteiger charge is -2.08. The van der Waals surface area contributed by atoms with Crippen LogP contribution < -0.4 is 0 Å². The third-order valence-corrected chi connectivity index (χ3v) is 1.62. The number of aliphatic hydroxyl groups is 3. The van der Waals surface area contributed by atoms with Crippen molar-refractivity contribution in [3.63, 3.8) is 0 Å². The molecule has 0 saturated carbocycles. The van der Waals surface area contributed by atoms with Gasteiger partial charge >= 0.3 is 0 Å². The summed E-state index contributed by atoms with van der Waals surface area (Å²) in [6.07, 6.45) is 1.97. The molecule has 0 rings (SSSR count). The van der Waals surface area contributed by atoms with Gasteiger partial charge in [-0.15, -0.1) is 0 Å². The van der Waals surface area contributed by atoms with E-state index < -0.39 is 6.10 Å². The molecule has 0 aromatic carbocycles. The minimum Gasteiger partial charge on any atom is -0.396 e. The molecule has 0 unspecified atom stereocenters. The van der Waals surface area contributed by atoms with Crippen LogP contribution in [0.4, 0.5) is 0 Å². The van der Waals surface area contributed by atoms with Crippen molar-refractivity contribution < 1.29 is 15.3 Å². The molecule has 0 saturated heterocycles. The van der Waals surface area contributed by atoms with Crippen LogP contribution in [0.15, 0.2) is 0 Å². The van der Waals surface area contributed by atoms with Gasteiger partial charge < -0.3 is 15.3 Å². The van der Waals surface area contributed by atoms with Crippen molar-refractivity contribution in [2.24, 2.45) is 0 Å². The molecule has 0 heterocycles. The molecule has 0 bridgehead atoms. The van der Waals surface area contributed by atoms with Crippen LogP contribution in [0.2, 0.25) is 0 Å². The first-order valence-corrected chi connectivity index (χ1v) is 4.13. The first-order chi connectivity index (χ1) is 5.16. The fraction of sp³-hybridized carbons (Fsp3) is 1.00. The van der Waals surface area contributed by atoms with Gasteiger partial charge in [0.15, 0.2) is 0 Å². The second kappa shape index (κ2) is 6.58. The lowest BCUT2D eigenvalue weighted by molar-refractivity contribution is 0.114. The zero-order valence-electron chi connectivity index (χ0n) is 7.03. The first-order valence-electron chi connectivity index (χ1n) is 4.13. The Bertz CT molecular complexity index is 83.4. The molecule has 68 valence electrons. The van der Waals surface area contributed by atoms with Gasteiger partial charge in [0, 0.05) is 6.61 Å². The van der Waals surface area contributed by atoms with Crippen LogP contribution in [0, 0.1) is 0 Å². The summed E-state index contributed by atoms with van der Waals surface area (Å²) in [5.74, 6) is 0. The highest BCUT2D eigenvalue weighted by Crippen LogP contribution is 2.05. The molecule has 0 spiro atoms. The predicted molar refractivity (Wildman–Crippen MR) is 43.2 cm³/mol. The lowest BCUT2D eigenvalue weighted by Crippen LogP contribution is -2.09. The Balaban J connectivity index is 3.10. The lowest BCUT2D eigenvalue weighted by atomic mass is 10.1. The van der Waals surface area contributed by atoms with Crippen molar-refractivity contribution in [3.05, 3.63) is 0 Å². The van der Waals surface area contributed by atoms with Crippen molar-refractivity contribution in [2.75, 3.05) is 6.61 Å². The van der Waals surface area contributed by atoms with Crippen molar-refractivity contribution in [1.82, 2.24) is 0 Å². The van der Waals surface area contributed by atoms with E-state index in [9.17, 15) is 0 Å². The van der Waals surface area contributed by atoms with E-state index in [-0.39, 0.29) is 12.7 Å². The van der Waals surface area contributed by atoms with Gasteiger partial charge in [0.2, 0.25) is 0 Å². The molecule has 3 heteroatoms. The minimum absolute atomic E-state index is 0.0375. The summed E-state index contributed by atoms with van der Waals surface area (Å²) in [7, 11) is 0. The molecule has 0 amide bonds. The minimum atomic E-state index is -0.404. The van der Waals surface area contributed by atoms with E-state index in [1.165, 1.54) is 0 Å². The largest absolute Gasteiger partial charge is 0.396 e. The predicted octanol–water partition coefficient (Wildman–Crippen LogP) is 0.281. The Morgan fingerprint density at radius 1 is 1.09 bits per heavy atom. The zero-order chi connectivity index (χ0) is 8.69. The molecular weight excluding hydrogens is 144 g/mol. The molecule has 0 aromatic rings. The molecule has 3 N–H and O–H groups in total. The standard InChI is InChI=1S/C8H18O3/c1-7(10)3-2-4-8(11)5-6-9/h7-11H,2-6H2,1H3/t7-,8-/m1/s1. The third-order valence-electron chi connectivity index (χ3n) is 1.62. The van der Waals surface area contributed by atoms with E-state index in [4.69, 9.17) is 15.3 Å². The summed E-state index contributed by atoms with van der Waals surface area (Å²) in [4.78, 5) is 0. The second-order valence-electron chi connectivity index (χ2n) is 2.95. The van der Waals surface area contributed by atoms with Crippen LogP contribution in [0.1, 0.15) is 32.6 Å². The monoisotopic (exact) mass is 162 g/mol. The zero-order valence-corrected chi connectivity index (χ0v) is 7.03. The van der Waals surface area contributed by atoms with Gasteiger partial charge in [0.25, 0.3) is 0 Å². The van der Waals surface area contributed by atoms with E-state index in [0.717, 1.165) is 12.8 Å². The van der Waals surface area contributed by atoms with E-state index in [0.29, 0.717) is 12.8 Å². The second-order valence-corrected chi connectivity index (χ2v) is 2.95. The molecule has 11 heavy (non-hydrogen) atoms. The Morgan fingerprint density at radius 3 is 2.18 bits per heavy atom. The van der Waals surface area contributed by atoms with Crippen LogP contribution in [-0.4, -0.2) is 34.1 Å². The van der Waals surface area contributed by atoms with Crippen LogP contribution in [-0.2, 0) is 0 Å². The number of aliphatic hydroxyl groups excluding tert-OH is 3. The molecule has 2 atom stereocenters. The average molecular weight is 162 g/mol. The van der Waals surface area contributed by atoms with Gasteiger partial charge in [0.1, 0.15) is 0 Å². The molecule has 0 fully saturated rings. The topological polar surface area (TPSA) is 60.7 Å². The third kappa shape index (κ3) is 7.78. The molecular formula is C8H18O3. The summed E-state index contributed by atoms with van der Waals surface area (Å²) in [6.45, 7) is 1.77. The molecule has 0 aliphatic heterocycles. The van der Waals surface area contributed by atoms with Gasteiger partial charge in [-0.2, -0.15) is 0 Å². The number of hydrogen-bond donors (Lipinski definition) is 3. The highest BCUT2D eigenvalue weighted by molar-refractivity contribution is 4.56. The number of hydrogen-bond acceptors (Lipinski definition) is 3. The van der Waals surface area contributed by atoms with Gasteiger partial charge in [-0.25, -0.2) is 0 Å². The van der Waals surface area contributed by atoms with Crippen LogP contribution >= 0.6 is 0 Å². The molecule has 0 aliphatic carbocycles. The van der Waals surface area contributed by atoms with Crippen molar-refractivity contribution in [2.45, 2.75) is 44.8 Å². The van der Waals surface area contributed by atoms with E-state index in [1.54, 1.807) is 6.92 Å². The van der Waals surface area contributed by atoms with Crippen LogP contribution in [0.5, 0.6) is 0 Å². The Morgan fingerprint density at radius 2 is 1.73 bits per heavy atom. The van der Waals surface area contributed by atoms with Crippen molar-refractivity contribution in [1.29, 1.82) is 0 Å². The summed E-state index contributed by atoms with van der Waals surface area (Å²) in [5, 5.41) is 26.4. The van der Waals surface area contributed by atoms with E-state index in [2.05, 4.69) is 0 Å². The van der Waals surface area contributed by atoms with Gasteiger partial charge in [-0.3, -0.25) is 0 Å². The summed E-state index contributed by atoms with van der Waals surface area (Å²) in [5.41, 5.74) is 0. The Hall–Kier alpha value is -0.120. The molecule has 0 radical (unpaired) electrons. The van der Waals surface area contributed by atoms with Gasteiger partial charge in [-0.05, 0) is 32.6 Å². The number of rotatable bonds is 6. The fourth-order valence-corrected chi connectivity index (χ4v) is 0.942. The van der Waals surface area contributed by atoms with Gasteiger partial charge in [0.05, 0.1) is 12.2 Å². The van der Waals surface area contributed by atoms with Crippen molar-refractivity contribution >= 4 is 0 Å². The Kier molecular flexibility index (Phi) is 6.51. The highest BCUT2D eigenvalue weighted by atomic mass is 16.3. The van der Waals surface area contributed by atoms with E-state index >= 15 is 0 Å². The molecule has 0 aromatic heterocycles. The first kappa shape index (κ1) is 10.9. The average Bonchev–Trinajstić information content (AvgIpc) is 1.87. The van der Waals surface area contributed by atoms with Crippen LogP contribution in [0.3, 0.4) is 0 Å². The summed E-state index contributed by atoms with van der Waals surface area (Å²) in [6, 6.07) is 0. The van der Waals surface area contributed by atoms with Gasteiger partial charge in [-0.1, -0.05) is 0 Å². The smallest absolute Gasteiger partial charge is 0.0562 e. The summed E-state index contributed by atoms with van der Waals surface area (Å²) < 4.78 is 0. The maximum atomic E-state index is 9.12. The highest BCUT2D eigenvalue weighted by Gasteiger charge is 2.03. The SMILES string of the molecule is C[C@@H](O)CCC[C@@H](O)CCO. The summed E-state index contributed by atoms with van der Waals surface area (Å²) >= 11 is 0. The quantitative estimate of drug-likeness (QED) is 0.525. The normalized spacial score (nSPS) is 16.4. The maximum Gasteiger partial charge on any atom is 0.0562 e. The van der Waals surface area contributed by atoms with E-state index in [1.807, 2.05) is 0 Å². The Labute approximate surface area is 67.7 Å². The molecule has 3 nitrogen and oxygen atoms in total.